The molecule has 190 valence electrons. The number of aromatic nitrogens is 4. The van der Waals surface area contributed by atoms with E-state index in [0.29, 0.717) is 0 Å². The Hall–Kier alpha value is -4.52. The number of rotatable bonds is 4. The van der Waals surface area contributed by atoms with Crippen LogP contribution in [0.25, 0.3) is 56.0 Å². The lowest BCUT2D eigenvalue weighted by molar-refractivity contribution is -0.569. The molecule has 0 aliphatic rings. The fourth-order valence-corrected chi connectivity index (χ4v) is 5.64. The number of benzene rings is 5. The number of fused-ring (bicyclic) bond motifs is 3. The molecule has 40 heavy (non-hydrogen) atoms. The molecule has 5 aromatic carbocycles. The maximum absolute atomic E-state index is 5.25. The molecule has 0 bridgehead atoms. The third-order valence-electron chi connectivity index (χ3n) is 7.02. The van der Waals surface area contributed by atoms with Crippen LogP contribution in [0, 0.1) is 0 Å². The van der Waals surface area contributed by atoms with Crippen LogP contribution in [0.5, 0.6) is 0 Å². The van der Waals surface area contributed by atoms with Gasteiger partial charge in [0.2, 0.25) is 34.8 Å². The first-order chi connectivity index (χ1) is 19.7. The quantitative estimate of drug-likeness (QED) is 0.137. The number of nitrogens with zero attached hydrogens (tertiary/aromatic N) is 4. The van der Waals surface area contributed by atoms with Crippen molar-refractivity contribution in [3.8, 4) is 33.9 Å². The van der Waals surface area contributed by atoms with Gasteiger partial charge in [0.1, 0.15) is 11.4 Å². The molecule has 0 radical (unpaired) electrons. The van der Waals surface area contributed by atoms with Crippen LogP contribution in [-0.4, -0.2) is 9.97 Å². The Morgan fingerprint density at radius 1 is 0.425 bits per heavy atom. The van der Waals surface area contributed by atoms with Gasteiger partial charge in [-0.1, -0.05) is 72.8 Å². The predicted octanol–water partition coefficient (Wildman–Crippen LogP) is 7.25. The van der Waals surface area contributed by atoms with Crippen molar-refractivity contribution in [1.29, 1.82) is 0 Å². The Balaban J connectivity index is 1.63. The molecule has 0 fully saturated rings. The van der Waals surface area contributed by atoms with Gasteiger partial charge in [0.15, 0.2) is 11.0 Å². The molecule has 4 nitrogen and oxygen atoms in total. The van der Waals surface area contributed by atoms with Gasteiger partial charge in [0.05, 0.1) is 0 Å². The summed E-state index contributed by atoms with van der Waals surface area (Å²) < 4.78 is 4.37. The van der Waals surface area contributed by atoms with Gasteiger partial charge in [0.25, 0.3) is 0 Å². The molecule has 2 aromatic heterocycles. The Morgan fingerprint density at radius 3 is 1.20 bits per heavy atom. The van der Waals surface area contributed by atoms with Gasteiger partial charge >= 0.3 is 0 Å². The second kappa shape index (κ2) is 10.2. The lowest BCUT2D eigenvalue weighted by Gasteiger charge is -2.10. The standard InChI is InChI=1S/C34H22N4S2/c39-31-17-9-7-15-25(31)27-21-37(23-11-3-1-4-12-23)29-19-20-30-34(33(29)35-27)36-28(26-16-8-10-18-32(26)40)22-38(30)24-13-5-2-6-14-24/h1-22H/p+2. The Morgan fingerprint density at radius 2 is 0.800 bits per heavy atom. The lowest BCUT2D eigenvalue weighted by Crippen LogP contribution is -2.34. The fourth-order valence-electron chi connectivity index (χ4n) is 5.09. The lowest BCUT2D eigenvalue weighted by atomic mass is 10.1. The van der Waals surface area contributed by atoms with Crippen LogP contribution in [0.2, 0.25) is 0 Å². The second-order valence-corrected chi connectivity index (χ2v) is 10.5. The number of hydrogen-bond donors (Lipinski definition) is 2. The summed E-state index contributed by atoms with van der Waals surface area (Å²) in [5.74, 6) is 0. The predicted molar refractivity (Wildman–Crippen MR) is 165 cm³/mol. The zero-order valence-corrected chi connectivity index (χ0v) is 23.2. The van der Waals surface area contributed by atoms with E-state index < -0.39 is 0 Å². The maximum Gasteiger partial charge on any atom is 0.239 e. The van der Waals surface area contributed by atoms with Gasteiger partial charge in [-0.2, -0.15) is 9.13 Å². The molecule has 0 aliphatic carbocycles. The van der Waals surface area contributed by atoms with Crippen molar-refractivity contribution < 1.29 is 9.13 Å². The Bertz CT molecular complexity index is 1880. The van der Waals surface area contributed by atoms with Crippen LogP contribution in [0.4, 0.5) is 0 Å². The first-order valence-electron chi connectivity index (χ1n) is 13.0. The Kier molecular flexibility index (Phi) is 6.27. The average molecular weight is 553 g/mol. The molecule has 0 atom stereocenters. The van der Waals surface area contributed by atoms with Crippen molar-refractivity contribution in [1.82, 2.24) is 9.97 Å². The molecule has 0 aliphatic heterocycles. The van der Waals surface area contributed by atoms with E-state index in [1.54, 1.807) is 0 Å². The van der Waals surface area contributed by atoms with E-state index in [1.807, 2.05) is 72.8 Å². The summed E-state index contributed by atoms with van der Waals surface area (Å²) in [5, 5.41) is 0. The fraction of sp³-hybridized carbons (Fsp3) is 0. The minimum absolute atomic E-state index is 0.804. The molecular weight excluding hydrogens is 529 g/mol. The number of thiol groups is 2. The summed E-state index contributed by atoms with van der Waals surface area (Å²) in [4.78, 5) is 12.2. The van der Waals surface area contributed by atoms with Gasteiger partial charge in [0, 0.05) is 57.3 Å². The van der Waals surface area contributed by atoms with Gasteiger partial charge in [-0.25, -0.2) is 9.97 Å². The highest BCUT2D eigenvalue weighted by atomic mass is 32.1. The van der Waals surface area contributed by atoms with Gasteiger partial charge in [-0.3, -0.25) is 0 Å². The van der Waals surface area contributed by atoms with Crippen LogP contribution < -0.4 is 9.13 Å². The molecule has 0 amide bonds. The molecular formula is C34H24N4S2+2. The van der Waals surface area contributed by atoms with Crippen molar-refractivity contribution in [3.63, 3.8) is 0 Å². The smallest absolute Gasteiger partial charge is 0.232 e. The van der Waals surface area contributed by atoms with Crippen LogP contribution in [-0.2, 0) is 0 Å². The third kappa shape index (κ3) is 4.31. The minimum Gasteiger partial charge on any atom is -0.232 e. The first-order valence-corrected chi connectivity index (χ1v) is 13.9. The van der Waals surface area contributed by atoms with E-state index >= 15 is 0 Å². The minimum atomic E-state index is 0.804. The first kappa shape index (κ1) is 24.5. The van der Waals surface area contributed by atoms with Crippen molar-refractivity contribution in [3.05, 3.63) is 134 Å². The highest BCUT2D eigenvalue weighted by Gasteiger charge is 2.25. The van der Waals surface area contributed by atoms with Crippen molar-refractivity contribution in [2.75, 3.05) is 0 Å². The molecule has 6 heteroatoms. The molecule has 7 aromatic rings. The van der Waals surface area contributed by atoms with Crippen LogP contribution in [0.3, 0.4) is 0 Å². The monoisotopic (exact) mass is 552 g/mol. The highest BCUT2D eigenvalue weighted by Crippen LogP contribution is 2.30. The van der Waals surface area contributed by atoms with Crippen molar-refractivity contribution >= 4 is 47.3 Å². The molecule has 0 saturated carbocycles. The van der Waals surface area contributed by atoms with E-state index in [4.69, 9.17) is 35.2 Å². The summed E-state index contributed by atoms with van der Waals surface area (Å²) in [6.45, 7) is 0. The van der Waals surface area contributed by atoms with Crippen LogP contribution in [0.1, 0.15) is 0 Å². The van der Waals surface area contributed by atoms with E-state index in [-0.39, 0.29) is 0 Å². The van der Waals surface area contributed by atoms with Gasteiger partial charge in [-0.05, 0) is 12.1 Å². The molecule has 0 N–H and O–H groups in total. The summed E-state index contributed by atoms with van der Waals surface area (Å²) in [7, 11) is 0. The van der Waals surface area contributed by atoms with Crippen LogP contribution in [0.15, 0.2) is 144 Å². The van der Waals surface area contributed by atoms with Crippen molar-refractivity contribution in [2.45, 2.75) is 9.79 Å². The largest absolute Gasteiger partial charge is 0.239 e. The van der Waals surface area contributed by atoms with Crippen LogP contribution >= 0.6 is 25.3 Å². The SMILES string of the molecule is Sc1ccccc1-c1c[n+](-c2ccccc2)c2ccc3c(nc(-c4ccccc4S)c[n+]3-c3ccccc3)c2n1. The number of para-hydroxylation sites is 2. The molecule has 0 spiro atoms. The summed E-state index contributed by atoms with van der Waals surface area (Å²) in [5.41, 5.74) is 9.18. The molecule has 0 unspecified atom stereocenters. The third-order valence-corrected chi connectivity index (χ3v) is 7.80. The summed E-state index contributed by atoms with van der Waals surface area (Å²) >= 11 is 9.52. The second-order valence-electron chi connectivity index (χ2n) is 9.50. The number of hydrogen-bond acceptors (Lipinski definition) is 4. The maximum atomic E-state index is 5.25. The van der Waals surface area contributed by atoms with E-state index in [0.717, 1.165) is 65.7 Å². The summed E-state index contributed by atoms with van der Waals surface area (Å²) in [6, 6.07) is 41.0. The van der Waals surface area contributed by atoms with E-state index in [9.17, 15) is 0 Å². The zero-order valence-electron chi connectivity index (χ0n) is 21.4. The zero-order chi connectivity index (χ0) is 27.1. The van der Waals surface area contributed by atoms with Crippen molar-refractivity contribution in [2.24, 2.45) is 0 Å². The Labute approximate surface area is 243 Å². The highest BCUT2D eigenvalue weighted by molar-refractivity contribution is 7.80. The topological polar surface area (TPSA) is 33.5 Å². The summed E-state index contributed by atoms with van der Waals surface area (Å²) in [6.07, 6.45) is 4.16. The van der Waals surface area contributed by atoms with Gasteiger partial charge in [-0.15, -0.1) is 25.3 Å². The average Bonchev–Trinajstić information content (AvgIpc) is 3.01. The normalized spacial score (nSPS) is 11.2. The molecule has 7 rings (SSSR count). The molecule has 0 saturated heterocycles. The van der Waals surface area contributed by atoms with E-state index in [2.05, 4.69) is 70.1 Å². The van der Waals surface area contributed by atoms with E-state index in [1.165, 1.54) is 0 Å². The van der Waals surface area contributed by atoms with Gasteiger partial charge < -0.3 is 0 Å². The molecule has 2 heterocycles.